The second kappa shape index (κ2) is 4.88. The molecule has 15 heavy (non-hydrogen) atoms. The summed E-state index contributed by atoms with van der Waals surface area (Å²) < 4.78 is 0. The van der Waals surface area contributed by atoms with Gasteiger partial charge in [0.25, 0.3) is 0 Å². The van der Waals surface area contributed by atoms with Gasteiger partial charge in [-0.15, -0.1) is 0 Å². The first-order valence-corrected chi connectivity index (χ1v) is 5.61. The van der Waals surface area contributed by atoms with Crippen LogP contribution in [0.15, 0.2) is 18.2 Å². The van der Waals surface area contributed by atoms with E-state index >= 15 is 0 Å². The summed E-state index contributed by atoms with van der Waals surface area (Å²) >= 11 is 11.9. The zero-order valence-corrected chi connectivity index (χ0v) is 10.4. The van der Waals surface area contributed by atoms with Gasteiger partial charge in [0, 0.05) is 10.0 Å². The van der Waals surface area contributed by atoms with Gasteiger partial charge in [0.05, 0.1) is 11.5 Å². The van der Waals surface area contributed by atoms with Crippen molar-refractivity contribution in [1.82, 2.24) is 0 Å². The summed E-state index contributed by atoms with van der Waals surface area (Å²) in [5, 5.41) is 10.3. The summed E-state index contributed by atoms with van der Waals surface area (Å²) in [6.07, 6.45) is 1.47. The minimum atomic E-state index is -0.350. The van der Waals surface area contributed by atoms with E-state index in [0.717, 1.165) is 12.0 Å². The van der Waals surface area contributed by atoms with Crippen LogP contribution >= 0.6 is 23.2 Å². The average molecular weight is 242 g/mol. The number of hydrogen-bond donors (Lipinski definition) is 0. The Kier molecular flexibility index (Phi) is 4.02. The van der Waals surface area contributed by atoms with E-state index in [1.165, 1.54) is 0 Å². The monoisotopic (exact) mass is 241 g/mol. The van der Waals surface area contributed by atoms with E-state index < -0.39 is 0 Å². The molecule has 80 valence electrons. The molecule has 3 heteroatoms. The molecule has 1 unspecified atom stereocenters. The molecule has 0 aliphatic rings. The quantitative estimate of drug-likeness (QED) is 0.766. The summed E-state index contributed by atoms with van der Waals surface area (Å²) in [4.78, 5) is 0. The van der Waals surface area contributed by atoms with Crippen LogP contribution in [0, 0.1) is 16.7 Å². The van der Waals surface area contributed by atoms with Gasteiger partial charge < -0.3 is 0 Å². The first-order chi connectivity index (χ1) is 7.00. The van der Waals surface area contributed by atoms with Crippen molar-refractivity contribution >= 4 is 23.2 Å². The number of nitrogens with zero attached hydrogens (tertiary/aromatic N) is 1. The van der Waals surface area contributed by atoms with Crippen LogP contribution in [0.5, 0.6) is 0 Å². The fourth-order valence-electron chi connectivity index (χ4n) is 1.33. The van der Waals surface area contributed by atoms with E-state index in [0.29, 0.717) is 16.5 Å². The van der Waals surface area contributed by atoms with Gasteiger partial charge in [0.15, 0.2) is 0 Å². The predicted octanol–water partition coefficient (Wildman–Crippen LogP) is 4.48. The van der Waals surface area contributed by atoms with Crippen molar-refractivity contribution in [3.05, 3.63) is 33.8 Å². The van der Waals surface area contributed by atoms with Crippen molar-refractivity contribution in [3.63, 3.8) is 0 Å². The molecule has 0 radical (unpaired) electrons. The van der Waals surface area contributed by atoms with Crippen molar-refractivity contribution in [2.75, 3.05) is 0 Å². The van der Waals surface area contributed by atoms with E-state index in [2.05, 4.69) is 6.07 Å². The van der Waals surface area contributed by atoms with Gasteiger partial charge in [-0.25, -0.2) is 0 Å². The molecule has 0 amide bonds. The van der Waals surface area contributed by atoms with Crippen molar-refractivity contribution in [2.24, 2.45) is 5.41 Å². The molecule has 0 heterocycles. The second-order valence-electron chi connectivity index (χ2n) is 3.94. The average Bonchev–Trinajstić information content (AvgIpc) is 2.22. The van der Waals surface area contributed by atoms with Gasteiger partial charge in [0.2, 0.25) is 0 Å². The molecule has 0 aromatic heterocycles. The number of rotatable bonds is 3. The summed E-state index contributed by atoms with van der Waals surface area (Å²) in [5.74, 6) is 0. The van der Waals surface area contributed by atoms with Gasteiger partial charge in [-0.2, -0.15) is 5.26 Å². The zero-order chi connectivity index (χ0) is 11.5. The first-order valence-electron chi connectivity index (χ1n) is 4.86. The molecular formula is C12H13Cl2N. The minimum Gasteiger partial charge on any atom is -0.198 e. The topological polar surface area (TPSA) is 23.8 Å². The van der Waals surface area contributed by atoms with Crippen molar-refractivity contribution < 1.29 is 0 Å². The van der Waals surface area contributed by atoms with Gasteiger partial charge >= 0.3 is 0 Å². The number of nitriles is 1. The molecule has 0 spiro atoms. The maximum atomic E-state index is 9.07. The van der Waals surface area contributed by atoms with Crippen molar-refractivity contribution in [2.45, 2.75) is 26.7 Å². The number of halogens is 2. The number of hydrogen-bond acceptors (Lipinski definition) is 1. The third-order valence-corrected chi connectivity index (χ3v) is 3.23. The molecule has 0 N–H and O–H groups in total. The molecule has 0 bridgehead atoms. The van der Waals surface area contributed by atoms with Crippen LogP contribution in [0.25, 0.3) is 0 Å². The fourth-order valence-corrected chi connectivity index (χ4v) is 1.80. The highest BCUT2D eigenvalue weighted by Gasteiger charge is 2.22. The smallest absolute Gasteiger partial charge is 0.0690 e. The van der Waals surface area contributed by atoms with E-state index in [-0.39, 0.29) is 5.41 Å². The molecule has 1 nitrogen and oxygen atoms in total. The Balaban J connectivity index is 2.95. The van der Waals surface area contributed by atoms with E-state index in [1.54, 1.807) is 12.1 Å². The summed E-state index contributed by atoms with van der Waals surface area (Å²) in [5.41, 5.74) is 0.629. The van der Waals surface area contributed by atoms with Gasteiger partial charge in [-0.1, -0.05) is 36.2 Å². The largest absolute Gasteiger partial charge is 0.198 e. The van der Waals surface area contributed by atoms with Gasteiger partial charge in [-0.3, -0.25) is 0 Å². The lowest BCUT2D eigenvalue weighted by molar-refractivity contribution is 0.423. The molecular weight excluding hydrogens is 229 g/mol. The summed E-state index contributed by atoms with van der Waals surface area (Å²) in [6.45, 7) is 3.95. The lowest BCUT2D eigenvalue weighted by Crippen LogP contribution is -2.16. The normalized spacial score (nSPS) is 14.3. The van der Waals surface area contributed by atoms with Crippen LogP contribution in [0.3, 0.4) is 0 Å². The minimum absolute atomic E-state index is 0.350. The Bertz CT molecular complexity index is 395. The maximum Gasteiger partial charge on any atom is 0.0690 e. The van der Waals surface area contributed by atoms with Crippen LogP contribution in [0.2, 0.25) is 10.0 Å². The molecule has 1 rings (SSSR count). The lowest BCUT2D eigenvalue weighted by atomic mass is 9.83. The predicted molar refractivity (Wildman–Crippen MR) is 64.2 cm³/mol. The second-order valence-corrected chi connectivity index (χ2v) is 4.78. The first kappa shape index (κ1) is 12.4. The molecule has 0 aliphatic heterocycles. The Morgan fingerprint density at radius 2 is 2.07 bits per heavy atom. The van der Waals surface area contributed by atoms with Crippen molar-refractivity contribution in [1.29, 1.82) is 5.26 Å². The van der Waals surface area contributed by atoms with Gasteiger partial charge in [0.1, 0.15) is 0 Å². The third kappa shape index (κ3) is 3.12. The molecule has 0 saturated carbocycles. The molecule has 0 aliphatic carbocycles. The standard InChI is InChI=1S/C12H13Cl2N/c1-3-12(2,8-15)7-9-4-5-10(13)6-11(9)14/h4-6H,3,7H2,1-2H3. The molecule has 0 fully saturated rings. The highest BCUT2D eigenvalue weighted by Crippen LogP contribution is 2.30. The summed E-state index contributed by atoms with van der Waals surface area (Å²) in [7, 11) is 0. The van der Waals surface area contributed by atoms with Crippen molar-refractivity contribution in [3.8, 4) is 6.07 Å². The lowest BCUT2D eigenvalue weighted by Gasteiger charge is -2.19. The molecule has 1 atom stereocenters. The highest BCUT2D eigenvalue weighted by molar-refractivity contribution is 6.35. The maximum absolute atomic E-state index is 9.07. The number of benzene rings is 1. The zero-order valence-electron chi connectivity index (χ0n) is 8.85. The molecule has 0 saturated heterocycles. The van der Waals surface area contributed by atoms with Crippen LogP contribution in [-0.4, -0.2) is 0 Å². The molecule has 1 aromatic carbocycles. The highest BCUT2D eigenvalue weighted by atomic mass is 35.5. The van der Waals surface area contributed by atoms with E-state index in [9.17, 15) is 0 Å². The third-order valence-electron chi connectivity index (χ3n) is 2.65. The van der Waals surface area contributed by atoms with E-state index in [4.69, 9.17) is 28.5 Å². The van der Waals surface area contributed by atoms with E-state index in [1.807, 2.05) is 19.9 Å². The fraction of sp³-hybridized carbons (Fsp3) is 0.417. The van der Waals surface area contributed by atoms with Crippen LogP contribution in [0.1, 0.15) is 25.8 Å². The summed E-state index contributed by atoms with van der Waals surface area (Å²) in [6, 6.07) is 7.73. The van der Waals surface area contributed by atoms with Crippen LogP contribution < -0.4 is 0 Å². The Morgan fingerprint density at radius 1 is 1.40 bits per heavy atom. The Labute approximate surface area is 101 Å². The SMILES string of the molecule is CCC(C)(C#N)Cc1ccc(Cl)cc1Cl. The van der Waals surface area contributed by atoms with Crippen LogP contribution in [0.4, 0.5) is 0 Å². The molecule has 1 aromatic rings. The van der Waals surface area contributed by atoms with Crippen LogP contribution in [-0.2, 0) is 6.42 Å². The Morgan fingerprint density at radius 3 is 2.53 bits per heavy atom. The Hall–Kier alpha value is -0.710. The van der Waals surface area contributed by atoms with Gasteiger partial charge in [-0.05, 0) is 37.5 Å².